The monoisotopic (exact) mass is 414 g/mol. The Labute approximate surface area is 177 Å². The quantitative estimate of drug-likeness (QED) is 0.639. The lowest BCUT2D eigenvalue weighted by atomic mass is 10.0. The number of methoxy groups -OCH3 is 1. The fourth-order valence-corrected chi connectivity index (χ4v) is 3.71. The van der Waals surface area contributed by atoms with Gasteiger partial charge >= 0.3 is 0 Å². The molecule has 1 saturated heterocycles. The molecule has 1 unspecified atom stereocenters. The number of para-hydroxylation sites is 1. The zero-order valence-corrected chi connectivity index (χ0v) is 17.4. The van der Waals surface area contributed by atoms with E-state index in [4.69, 9.17) is 9.26 Å². The average Bonchev–Trinajstić information content (AvgIpc) is 3.21. The maximum Gasteiger partial charge on any atom is 0.240 e. The Morgan fingerprint density at radius 2 is 1.90 bits per heavy atom. The maximum atomic E-state index is 5.57. The molecule has 1 N–H and O–H groups in total. The van der Waals surface area contributed by atoms with Crippen molar-refractivity contribution >= 4 is 12.4 Å². The lowest BCUT2D eigenvalue weighted by Crippen LogP contribution is -2.45. The minimum atomic E-state index is 0. The first-order chi connectivity index (χ1) is 13.8. The van der Waals surface area contributed by atoms with E-state index in [2.05, 4.69) is 56.8 Å². The zero-order valence-electron chi connectivity index (χ0n) is 16.6. The summed E-state index contributed by atoms with van der Waals surface area (Å²) in [5.74, 6) is 2.35. The Hall–Kier alpha value is -2.41. The summed E-state index contributed by atoms with van der Waals surface area (Å²) in [6.07, 6.45) is 1.70. The molecule has 0 spiro atoms. The van der Waals surface area contributed by atoms with Crippen molar-refractivity contribution < 1.29 is 9.26 Å². The second-order valence-electron chi connectivity index (χ2n) is 7.02. The fraction of sp³-hybridized carbons (Fsp3) is 0.364. The van der Waals surface area contributed by atoms with E-state index >= 15 is 0 Å². The van der Waals surface area contributed by atoms with Crippen LogP contribution in [0.5, 0.6) is 5.75 Å². The lowest BCUT2D eigenvalue weighted by Gasteiger charge is -2.36. The summed E-state index contributed by atoms with van der Waals surface area (Å²) < 4.78 is 11.1. The molecule has 154 valence electrons. The van der Waals surface area contributed by atoms with Crippen molar-refractivity contribution in [3.63, 3.8) is 0 Å². The minimum absolute atomic E-state index is 0. The summed E-state index contributed by atoms with van der Waals surface area (Å²) in [4.78, 5) is 7.00. The largest absolute Gasteiger partial charge is 0.496 e. The molecule has 0 bridgehead atoms. The van der Waals surface area contributed by atoms with Crippen LogP contribution in [0, 0.1) is 0 Å². The lowest BCUT2D eigenvalue weighted by molar-refractivity contribution is 0.133. The first-order valence-electron chi connectivity index (χ1n) is 9.76. The standard InChI is InChI=1S/C22H26N4O2.ClH/c1-27-20-10-6-5-9-18(20)19-15-23-13-14-26(19)16-22-24-21(25-28-22)12-11-17-7-3-2-4-8-17;/h2-10,19,23H,11-16H2,1H3;1H. The Kier molecular flexibility index (Phi) is 7.63. The van der Waals surface area contributed by atoms with Crippen LogP contribution in [-0.4, -0.2) is 41.8 Å². The van der Waals surface area contributed by atoms with Crippen molar-refractivity contribution in [3.8, 4) is 5.75 Å². The molecular formula is C22H27ClN4O2. The van der Waals surface area contributed by atoms with Gasteiger partial charge in [-0.15, -0.1) is 12.4 Å². The number of hydrogen-bond donors (Lipinski definition) is 1. The molecule has 4 rings (SSSR count). The van der Waals surface area contributed by atoms with Crippen molar-refractivity contribution in [3.05, 3.63) is 77.4 Å². The highest BCUT2D eigenvalue weighted by atomic mass is 35.5. The van der Waals surface area contributed by atoms with E-state index < -0.39 is 0 Å². The molecule has 1 aliphatic rings. The first kappa shape index (κ1) is 21.3. The van der Waals surface area contributed by atoms with E-state index in [1.165, 1.54) is 11.1 Å². The van der Waals surface area contributed by atoms with Crippen LogP contribution in [0.25, 0.3) is 0 Å². The smallest absolute Gasteiger partial charge is 0.240 e. The molecule has 6 nitrogen and oxygen atoms in total. The molecule has 3 aromatic rings. The average molecular weight is 415 g/mol. The molecule has 1 aromatic heterocycles. The van der Waals surface area contributed by atoms with Crippen LogP contribution in [0.3, 0.4) is 0 Å². The van der Waals surface area contributed by atoms with Crippen LogP contribution in [0.4, 0.5) is 0 Å². The summed E-state index contributed by atoms with van der Waals surface area (Å²) in [5, 5.41) is 7.66. The molecule has 1 fully saturated rings. The molecular weight excluding hydrogens is 388 g/mol. The van der Waals surface area contributed by atoms with Crippen molar-refractivity contribution in [1.82, 2.24) is 20.4 Å². The molecule has 29 heavy (non-hydrogen) atoms. The Morgan fingerprint density at radius 3 is 2.72 bits per heavy atom. The van der Waals surface area contributed by atoms with E-state index in [1.54, 1.807) is 7.11 Å². The summed E-state index contributed by atoms with van der Waals surface area (Å²) in [6, 6.07) is 18.8. The number of benzene rings is 2. The van der Waals surface area contributed by atoms with Crippen LogP contribution < -0.4 is 10.1 Å². The van der Waals surface area contributed by atoms with E-state index in [9.17, 15) is 0 Å². The number of aromatic nitrogens is 2. The Morgan fingerprint density at radius 1 is 1.10 bits per heavy atom. The fourth-order valence-electron chi connectivity index (χ4n) is 3.71. The van der Waals surface area contributed by atoms with Crippen LogP contribution in [-0.2, 0) is 19.4 Å². The van der Waals surface area contributed by atoms with Gasteiger partial charge in [0.05, 0.1) is 19.7 Å². The maximum absolute atomic E-state index is 5.57. The molecule has 0 aliphatic carbocycles. The number of halogens is 1. The van der Waals surface area contributed by atoms with Crippen molar-refractivity contribution in [1.29, 1.82) is 0 Å². The third-order valence-corrected chi connectivity index (χ3v) is 5.18. The van der Waals surface area contributed by atoms with Gasteiger partial charge in [0.2, 0.25) is 5.89 Å². The molecule has 1 aliphatic heterocycles. The number of rotatable bonds is 7. The molecule has 7 heteroatoms. The van der Waals surface area contributed by atoms with Gasteiger partial charge in [-0.25, -0.2) is 0 Å². The zero-order chi connectivity index (χ0) is 19.2. The first-order valence-corrected chi connectivity index (χ1v) is 9.76. The van der Waals surface area contributed by atoms with E-state index in [0.29, 0.717) is 12.4 Å². The van der Waals surface area contributed by atoms with Gasteiger partial charge < -0.3 is 14.6 Å². The van der Waals surface area contributed by atoms with Gasteiger partial charge in [-0.3, -0.25) is 4.90 Å². The second kappa shape index (κ2) is 10.4. The van der Waals surface area contributed by atoms with Gasteiger partial charge in [-0.1, -0.05) is 53.7 Å². The predicted octanol–water partition coefficient (Wildman–Crippen LogP) is 3.43. The molecule has 0 radical (unpaired) electrons. The van der Waals surface area contributed by atoms with E-state index in [-0.39, 0.29) is 18.4 Å². The topological polar surface area (TPSA) is 63.4 Å². The van der Waals surface area contributed by atoms with Crippen LogP contribution in [0.2, 0.25) is 0 Å². The molecule has 2 aromatic carbocycles. The van der Waals surface area contributed by atoms with Crippen molar-refractivity contribution in [2.45, 2.75) is 25.4 Å². The van der Waals surface area contributed by atoms with Gasteiger partial charge in [-0.2, -0.15) is 4.98 Å². The van der Waals surface area contributed by atoms with Gasteiger partial charge in [0.15, 0.2) is 5.82 Å². The minimum Gasteiger partial charge on any atom is -0.496 e. The summed E-state index contributed by atoms with van der Waals surface area (Å²) >= 11 is 0. The number of aryl methyl sites for hydroxylation is 2. The highest BCUT2D eigenvalue weighted by Crippen LogP contribution is 2.30. The van der Waals surface area contributed by atoms with Gasteiger partial charge in [0.1, 0.15) is 5.75 Å². The van der Waals surface area contributed by atoms with Crippen molar-refractivity contribution in [2.24, 2.45) is 0 Å². The highest BCUT2D eigenvalue weighted by Gasteiger charge is 2.27. The van der Waals surface area contributed by atoms with Crippen LogP contribution >= 0.6 is 12.4 Å². The SMILES string of the molecule is COc1ccccc1C1CNCCN1Cc1nc(CCc2ccccc2)no1.Cl. The summed E-state index contributed by atoms with van der Waals surface area (Å²) in [7, 11) is 1.72. The summed E-state index contributed by atoms with van der Waals surface area (Å²) in [5.41, 5.74) is 2.47. The third kappa shape index (κ3) is 5.35. The van der Waals surface area contributed by atoms with Gasteiger partial charge in [-0.05, 0) is 18.1 Å². The molecule has 2 heterocycles. The Bertz CT molecular complexity index is 887. The van der Waals surface area contributed by atoms with Gasteiger partial charge in [0, 0.05) is 31.6 Å². The number of nitrogens with zero attached hydrogens (tertiary/aromatic N) is 3. The highest BCUT2D eigenvalue weighted by molar-refractivity contribution is 5.85. The van der Waals surface area contributed by atoms with Gasteiger partial charge in [0.25, 0.3) is 0 Å². The normalized spacial score (nSPS) is 16.9. The number of ether oxygens (including phenoxy) is 1. The van der Waals surface area contributed by atoms with Crippen LogP contribution in [0.15, 0.2) is 59.1 Å². The number of nitrogens with one attached hydrogen (secondary N) is 1. The van der Waals surface area contributed by atoms with E-state index in [1.807, 2.05) is 18.2 Å². The third-order valence-electron chi connectivity index (χ3n) is 5.18. The number of piperazine rings is 1. The van der Waals surface area contributed by atoms with Crippen LogP contribution in [0.1, 0.15) is 28.9 Å². The predicted molar refractivity (Wildman–Crippen MR) is 114 cm³/mol. The van der Waals surface area contributed by atoms with Crippen molar-refractivity contribution in [2.75, 3.05) is 26.7 Å². The molecule has 0 amide bonds. The number of hydrogen-bond acceptors (Lipinski definition) is 6. The Balaban J connectivity index is 0.00000240. The second-order valence-corrected chi connectivity index (χ2v) is 7.02. The van der Waals surface area contributed by atoms with E-state index in [0.717, 1.165) is 44.0 Å². The summed E-state index contributed by atoms with van der Waals surface area (Å²) in [6.45, 7) is 3.38. The molecule has 0 saturated carbocycles. The molecule has 1 atom stereocenters.